The summed E-state index contributed by atoms with van der Waals surface area (Å²) in [5.74, 6) is 0.511. The maximum atomic E-state index is 13.9. The van der Waals surface area contributed by atoms with Gasteiger partial charge in [-0.2, -0.15) is 0 Å². The number of nitrogens with zero attached hydrogens (tertiary/aromatic N) is 2. The number of carbonyl (C=O) groups excluding carboxylic acids is 2. The van der Waals surface area contributed by atoms with Crippen LogP contribution in [0.2, 0.25) is 0 Å². The summed E-state index contributed by atoms with van der Waals surface area (Å²) in [6.07, 6.45) is 69.3. The normalized spacial score (nSPS) is 26.4. The van der Waals surface area contributed by atoms with Crippen molar-refractivity contribution in [2.75, 3.05) is 39.3 Å². The maximum Gasteiger partial charge on any atom is 0.410 e. The fraction of sp³-hybridized carbons (Fsp3) is 0.968. The molecule has 2 amide bonds. The lowest BCUT2D eigenvalue weighted by Crippen LogP contribution is -2.52. The summed E-state index contributed by atoms with van der Waals surface area (Å²) in [5.41, 5.74) is -0.323. The van der Waals surface area contributed by atoms with Crippen molar-refractivity contribution >= 4 is 12.0 Å². The molecule has 2 saturated heterocycles. The summed E-state index contributed by atoms with van der Waals surface area (Å²) in [6.45, 7) is 10.3. The summed E-state index contributed by atoms with van der Waals surface area (Å²) >= 11 is 0. The first kappa shape index (κ1) is 62.0. The van der Waals surface area contributed by atoms with Crippen LogP contribution in [0.4, 0.5) is 4.79 Å². The first-order valence-electron chi connectivity index (χ1n) is 31.8. The van der Waals surface area contributed by atoms with Gasteiger partial charge in [-0.25, -0.2) is 4.79 Å². The number of hydrogen-bond donors (Lipinski definition) is 1. The minimum Gasteiger partial charge on any atom is -0.444 e. The Labute approximate surface area is 431 Å². The van der Waals surface area contributed by atoms with Crippen molar-refractivity contribution in [1.29, 1.82) is 0 Å². The molecule has 0 aromatic heterocycles. The Bertz CT molecular complexity index is 1120. The van der Waals surface area contributed by atoms with Gasteiger partial charge in [0.1, 0.15) is 5.60 Å². The predicted molar refractivity (Wildman–Crippen MR) is 299 cm³/mol. The highest BCUT2D eigenvalue weighted by molar-refractivity contribution is 5.83. The van der Waals surface area contributed by atoms with Crippen LogP contribution in [0.15, 0.2) is 0 Å². The Morgan fingerprint density at radius 1 is 0.362 bits per heavy atom. The van der Waals surface area contributed by atoms with Gasteiger partial charge in [0.05, 0.1) is 0 Å². The molecule has 3 fully saturated rings. The molecule has 69 heavy (non-hydrogen) atoms. The van der Waals surface area contributed by atoms with E-state index in [1.165, 1.54) is 302 Å². The first-order valence-corrected chi connectivity index (χ1v) is 31.8. The molecule has 1 N–H and O–H groups in total. The van der Waals surface area contributed by atoms with Crippen LogP contribution in [0.1, 0.15) is 335 Å². The molecule has 0 aromatic carbocycles. The van der Waals surface area contributed by atoms with Gasteiger partial charge in [0.2, 0.25) is 5.91 Å². The molecular weight excluding hydrogens is 847 g/mol. The molecule has 1 spiro atoms. The summed E-state index contributed by atoms with van der Waals surface area (Å²) in [6, 6.07) is 0. The summed E-state index contributed by atoms with van der Waals surface area (Å²) < 4.78 is 5.62. The van der Waals surface area contributed by atoms with Crippen molar-refractivity contribution in [1.82, 2.24) is 15.1 Å². The van der Waals surface area contributed by atoms with Crippen LogP contribution < -0.4 is 5.32 Å². The number of nitrogens with one attached hydrogen (secondary N) is 1. The summed E-state index contributed by atoms with van der Waals surface area (Å²) in [7, 11) is 0. The van der Waals surface area contributed by atoms with Crippen LogP contribution in [0.5, 0.6) is 0 Å². The fourth-order valence-corrected chi connectivity index (χ4v) is 12.0. The smallest absolute Gasteiger partial charge is 0.410 e. The van der Waals surface area contributed by atoms with Gasteiger partial charge in [-0.15, -0.1) is 0 Å². The van der Waals surface area contributed by atoms with Crippen LogP contribution in [-0.2, 0) is 9.53 Å². The van der Waals surface area contributed by atoms with E-state index >= 15 is 0 Å². The Hall–Kier alpha value is -1.30. The van der Waals surface area contributed by atoms with Gasteiger partial charge in [0.15, 0.2) is 0 Å². The highest BCUT2D eigenvalue weighted by Crippen LogP contribution is 2.59. The number of piperazine rings is 1. The molecule has 2 heterocycles. The van der Waals surface area contributed by atoms with Gasteiger partial charge in [-0.1, -0.05) is 289 Å². The van der Waals surface area contributed by atoms with E-state index in [4.69, 9.17) is 4.74 Å². The lowest BCUT2D eigenvalue weighted by molar-refractivity contribution is -0.135. The molecule has 0 bridgehead atoms. The van der Waals surface area contributed by atoms with Crippen LogP contribution in [0.25, 0.3) is 0 Å². The monoisotopic (exact) mass is 968 g/mol. The second-order valence-corrected chi connectivity index (χ2v) is 24.4. The molecular formula is C63H121N3O3. The van der Waals surface area contributed by atoms with Crippen LogP contribution in [0.3, 0.4) is 0 Å². The van der Waals surface area contributed by atoms with Gasteiger partial charge >= 0.3 is 6.09 Å². The first-order chi connectivity index (χ1) is 33.8. The molecule has 2 unspecified atom stereocenters. The minimum atomic E-state index is -0.497. The van der Waals surface area contributed by atoms with Gasteiger partial charge in [-0.3, -0.25) is 4.79 Å². The van der Waals surface area contributed by atoms with Crippen molar-refractivity contribution < 1.29 is 14.3 Å². The molecule has 1 saturated carbocycles. The van der Waals surface area contributed by atoms with E-state index in [9.17, 15) is 9.59 Å². The number of rotatable bonds is 1. The SMILES string of the molecule is CC(C)(C)OC(=O)N1CCN(C(=O)C2CC23CCCCCCCCCCCCCCCCCCCCCCCCCCCCCCCCCCCCCCCCCCCCCCCCNCC3)CC1. The number of hydrogen-bond acceptors (Lipinski definition) is 4. The van der Waals surface area contributed by atoms with Gasteiger partial charge in [0.25, 0.3) is 0 Å². The average molecular weight is 969 g/mol. The third kappa shape index (κ3) is 33.9. The van der Waals surface area contributed by atoms with E-state index in [-0.39, 0.29) is 17.4 Å². The molecule has 3 rings (SSSR count). The van der Waals surface area contributed by atoms with Gasteiger partial charge < -0.3 is 19.9 Å². The Morgan fingerprint density at radius 2 is 0.623 bits per heavy atom. The van der Waals surface area contributed by atoms with Crippen LogP contribution in [-0.4, -0.2) is 66.7 Å². The number of carbonyl (C=O) groups is 2. The molecule has 0 radical (unpaired) electrons. The third-order valence-corrected chi connectivity index (χ3v) is 16.8. The standard InChI is InChI=1S/C63H121N3O3/c1-62(2,3)69-61(68)66-56-54-65(55-57-66)60(67)59-58-63(59)50-48-46-44-42-40-38-36-34-32-30-28-26-24-22-20-18-16-14-12-10-8-6-4-5-7-9-11-13-15-17-19-21-23-25-27-29-31-33-35-37-39-41-43-45-47-49-52-64-53-51-63/h59,64H,4-58H2,1-3H3. The molecule has 6 heteroatoms. The lowest BCUT2D eigenvalue weighted by Gasteiger charge is -2.36. The Morgan fingerprint density at radius 3 is 0.913 bits per heavy atom. The molecule has 1 aliphatic carbocycles. The van der Waals surface area contributed by atoms with Gasteiger partial charge in [-0.05, 0) is 65.0 Å². The van der Waals surface area contributed by atoms with Crippen LogP contribution >= 0.6 is 0 Å². The van der Waals surface area contributed by atoms with Crippen molar-refractivity contribution in [3.8, 4) is 0 Å². The quantitative estimate of drug-likeness (QED) is 0.284. The second kappa shape index (κ2) is 42.1. The van der Waals surface area contributed by atoms with E-state index in [1.54, 1.807) is 4.90 Å². The summed E-state index contributed by atoms with van der Waals surface area (Å²) in [5, 5.41) is 3.80. The van der Waals surface area contributed by atoms with E-state index in [0.717, 1.165) is 25.9 Å². The third-order valence-electron chi connectivity index (χ3n) is 16.8. The van der Waals surface area contributed by atoms with Crippen molar-refractivity contribution in [3.05, 3.63) is 0 Å². The molecule has 6 nitrogen and oxygen atoms in total. The average Bonchev–Trinajstić information content (AvgIpc) is 4.05. The zero-order valence-corrected chi connectivity index (χ0v) is 47.1. The maximum absolute atomic E-state index is 13.9. The van der Waals surface area contributed by atoms with E-state index < -0.39 is 5.60 Å². The topological polar surface area (TPSA) is 61.9 Å². The minimum absolute atomic E-state index is 0.165. The van der Waals surface area contributed by atoms with Crippen molar-refractivity contribution in [3.63, 3.8) is 0 Å². The molecule has 2 aliphatic heterocycles. The molecule has 3 aliphatic rings. The predicted octanol–water partition coefficient (Wildman–Crippen LogP) is 19.4. The second-order valence-electron chi connectivity index (χ2n) is 24.4. The molecule has 2 atom stereocenters. The highest BCUT2D eigenvalue weighted by atomic mass is 16.6. The fourth-order valence-electron chi connectivity index (χ4n) is 12.0. The van der Waals surface area contributed by atoms with E-state index in [1.807, 2.05) is 20.8 Å². The van der Waals surface area contributed by atoms with Crippen molar-refractivity contribution in [2.45, 2.75) is 341 Å². The van der Waals surface area contributed by atoms with E-state index in [2.05, 4.69) is 10.2 Å². The Balaban J connectivity index is 1.29. The molecule has 406 valence electrons. The largest absolute Gasteiger partial charge is 0.444 e. The van der Waals surface area contributed by atoms with Crippen LogP contribution in [0, 0.1) is 11.3 Å². The zero-order chi connectivity index (χ0) is 49.2. The molecule has 0 aromatic rings. The Kier molecular flexibility index (Phi) is 37.8. The van der Waals surface area contributed by atoms with Gasteiger partial charge in [0, 0.05) is 32.1 Å². The summed E-state index contributed by atoms with van der Waals surface area (Å²) in [4.78, 5) is 30.4. The lowest BCUT2D eigenvalue weighted by atomic mass is 9.90. The zero-order valence-electron chi connectivity index (χ0n) is 47.1. The number of ether oxygens (including phenoxy) is 1. The highest BCUT2D eigenvalue weighted by Gasteiger charge is 2.57. The van der Waals surface area contributed by atoms with Crippen molar-refractivity contribution in [2.24, 2.45) is 11.3 Å². The van der Waals surface area contributed by atoms with E-state index in [0.29, 0.717) is 32.1 Å². The number of amides is 2.